The Morgan fingerprint density at radius 3 is 2.26 bits per heavy atom. The standard InChI is InChI=1S/C31H33Cl4N3O4S/c1-2-27(31(40)36-23-10-5-3-6-11-23)37(19-21-16-17-22(32)18-26(21)34)29(39)20-38(28-15-9-14-25(33)30(28)35)43(41,42)24-12-7-4-8-13-24/h4,7-9,12-18,23,27H,2-3,5-6,10-11,19-20H2,1H3,(H,36,40)/t27-/m0/s1. The highest BCUT2D eigenvalue weighted by Gasteiger charge is 2.35. The topological polar surface area (TPSA) is 86.8 Å². The van der Waals surface area contributed by atoms with Gasteiger partial charge in [-0.15, -0.1) is 0 Å². The molecule has 1 N–H and O–H groups in total. The van der Waals surface area contributed by atoms with Crippen molar-refractivity contribution in [3.63, 3.8) is 0 Å². The van der Waals surface area contributed by atoms with Crippen LogP contribution >= 0.6 is 46.4 Å². The van der Waals surface area contributed by atoms with Crippen molar-refractivity contribution in [2.75, 3.05) is 10.8 Å². The Balaban J connectivity index is 1.75. The molecule has 0 saturated heterocycles. The molecule has 3 aromatic carbocycles. The molecule has 4 rings (SSSR count). The van der Waals surface area contributed by atoms with Gasteiger partial charge in [0, 0.05) is 22.6 Å². The summed E-state index contributed by atoms with van der Waals surface area (Å²) in [6.07, 6.45) is 5.21. The molecule has 1 fully saturated rings. The van der Waals surface area contributed by atoms with Crippen molar-refractivity contribution in [3.8, 4) is 0 Å². The van der Waals surface area contributed by atoms with Crippen molar-refractivity contribution >= 4 is 73.9 Å². The summed E-state index contributed by atoms with van der Waals surface area (Å²) in [5, 5.41) is 3.96. The van der Waals surface area contributed by atoms with E-state index >= 15 is 0 Å². The van der Waals surface area contributed by atoms with E-state index in [1.807, 2.05) is 0 Å². The monoisotopic (exact) mass is 683 g/mol. The van der Waals surface area contributed by atoms with Gasteiger partial charge in [0.25, 0.3) is 10.0 Å². The molecule has 0 radical (unpaired) electrons. The Kier molecular flexibility index (Phi) is 11.6. The lowest BCUT2D eigenvalue weighted by Crippen LogP contribution is -2.54. The minimum atomic E-state index is -4.29. The molecular formula is C31H33Cl4N3O4S. The summed E-state index contributed by atoms with van der Waals surface area (Å²) in [6.45, 7) is 1.12. The fraction of sp³-hybridized carbons (Fsp3) is 0.355. The van der Waals surface area contributed by atoms with Crippen LogP contribution in [0.15, 0.2) is 71.6 Å². The number of carbonyl (C=O) groups excluding carboxylic acids is 2. The number of nitrogens with zero attached hydrogens (tertiary/aromatic N) is 2. The highest BCUT2D eigenvalue weighted by Crippen LogP contribution is 2.36. The molecule has 0 heterocycles. The molecule has 43 heavy (non-hydrogen) atoms. The van der Waals surface area contributed by atoms with Gasteiger partial charge in [-0.05, 0) is 61.2 Å². The van der Waals surface area contributed by atoms with E-state index in [-0.39, 0.29) is 39.1 Å². The molecule has 1 aliphatic carbocycles. The highest BCUT2D eigenvalue weighted by molar-refractivity contribution is 7.92. The summed E-state index contributed by atoms with van der Waals surface area (Å²) in [4.78, 5) is 29.3. The summed E-state index contributed by atoms with van der Waals surface area (Å²) in [5.41, 5.74) is 0.595. The number of rotatable bonds is 11. The molecule has 7 nitrogen and oxygen atoms in total. The molecule has 0 aliphatic heterocycles. The van der Waals surface area contributed by atoms with Gasteiger partial charge in [-0.25, -0.2) is 8.42 Å². The van der Waals surface area contributed by atoms with Crippen LogP contribution in [-0.4, -0.2) is 43.8 Å². The Morgan fingerprint density at radius 2 is 1.60 bits per heavy atom. The predicted molar refractivity (Wildman–Crippen MR) is 174 cm³/mol. The number of benzene rings is 3. The number of halogens is 4. The van der Waals surface area contributed by atoms with E-state index in [0.717, 1.165) is 36.4 Å². The van der Waals surface area contributed by atoms with Crippen molar-refractivity contribution in [3.05, 3.63) is 92.4 Å². The third kappa shape index (κ3) is 8.17. The summed E-state index contributed by atoms with van der Waals surface area (Å²) >= 11 is 25.4. The van der Waals surface area contributed by atoms with Gasteiger partial charge in [0.2, 0.25) is 11.8 Å². The number of nitrogens with one attached hydrogen (secondary N) is 1. The van der Waals surface area contributed by atoms with E-state index in [1.165, 1.54) is 29.2 Å². The van der Waals surface area contributed by atoms with Crippen molar-refractivity contribution in [2.24, 2.45) is 0 Å². The molecule has 0 aromatic heterocycles. The average molecular weight is 686 g/mol. The molecule has 230 valence electrons. The van der Waals surface area contributed by atoms with Gasteiger partial charge in [-0.1, -0.05) is 103 Å². The summed E-state index contributed by atoms with van der Waals surface area (Å²) in [7, 11) is -4.29. The Morgan fingerprint density at radius 1 is 0.907 bits per heavy atom. The second kappa shape index (κ2) is 15.0. The number of anilines is 1. The van der Waals surface area contributed by atoms with E-state index in [1.54, 1.807) is 49.4 Å². The molecule has 0 unspecified atom stereocenters. The van der Waals surface area contributed by atoms with Gasteiger partial charge in [-0.2, -0.15) is 0 Å². The number of carbonyl (C=O) groups is 2. The van der Waals surface area contributed by atoms with Crippen LogP contribution in [0, 0.1) is 0 Å². The summed E-state index contributed by atoms with van der Waals surface area (Å²) in [6, 6.07) is 16.3. The average Bonchev–Trinajstić information content (AvgIpc) is 2.99. The van der Waals surface area contributed by atoms with Gasteiger partial charge in [-0.3, -0.25) is 13.9 Å². The maximum absolute atomic E-state index is 14.3. The zero-order chi connectivity index (χ0) is 31.1. The Labute approximate surface area is 273 Å². The first-order valence-electron chi connectivity index (χ1n) is 14.1. The smallest absolute Gasteiger partial charge is 0.264 e. The molecular weight excluding hydrogens is 652 g/mol. The number of hydrogen-bond acceptors (Lipinski definition) is 4. The lowest BCUT2D eigenvalue weighted by molar-refractivity contribution is -0.140. The zero-order valence-corrected chi connectivity index (χ0v) is 27.5. The Bertz CT molecular complexity index is 1550. The zero-order valence-electron chi connectivity index (χ0n) is 23.6. The van der Waals surface area contributed by atoms with Crippen LogP contribution in [0.2, 0.25) is 20.1 Å². The first-order chi connectivity index (χ1) is 20.5. The predicted octanol–water partition coefficient (Wildman–Crippen LogP) is 7.75. The molecule has 12 heteroatoms. The van der Waals surface area contributed by atoms with Crippen molar-refractivity contribution in [2.45, 2.75) is 69.0 Å². The minimum Gasteiger partial charge on any atom is -0.352 e. The molecule has 3 aromatic rings. The molecule has 0 bridgehead atoms. The van der Waals surface area contributed by atoms with Gasteiger partial charge < -0.3 is 10.2 Å². The normalized spacial score (nSPS) is 14.6. The Hall–Kier alpha value is -2.49. The maximum atomic E-state index is 14.3. The number of amides is 2. The SMILES string of the molecule is CC[C@@H](C(=O)NC1CCCCC1)N(Cc1ccc(Cl)cc1Cl)C(=O)CN(c1cccc(Cl)c1Cl)S(=O)(=O)c1ccccc1. The van der Waals surface area contributed by atoms with Crippen LogP contribution in [0.25, 0.3) is 0 Å². The third-order valence-electron chi connectivity index (χ3n) is 7.50. The molecule has 0 spiro atoms. The summed E-state index contributed by atoms with van der Waals surface area (Å²) < 4.78 is 28.9. The van der Waals surface area contributed by atoms with Crippen molar-refractivity contribution < 1.29 is 18.0 Å². The number of sulfonamides is 1. The van der Waals surface area contributed by atoms with Crippen LogP contribution in [0.3, 0.4) is 0 Å². The lowest BCUT2D eigenvalue weighted by Gasteiger charge is -2.34. The quantitative estimate of drug-likeness (QED) is 0.224. The maximum Gasteiger partial charge on any atom is 0.264 e. The van der Waals surface area contributed by atoms with Gasteiger partial charge in [0.05, 0.1) is 20.6 Å². The lowest BCUT2D eigenvalue weighted by atomic mass is 9.95. The largest absolute Gasteiger partial charge is 0.352 e. The van der Waals surface area contributed by atoms with Crippen molar-refractivity contribution in [1.82, 2.24) is 10.2 Å². The van der Waals surface area contributed by atoms with E-state index in [4.69, 9.17) is 46.4 Å². The second-order valence-electron chi connectivity index (χ2n) is 10.4. The van der Waals surface area contributed by atoms with E-state index < -0.39 is 28.5 Å². The van der Waals surface area contributed by atoms with Gasteiger partial charge in [0.15, 0.2) is 0 Å². The molecule has 2 amide bonds. The van der Waals surface area contributed by atoms with Gasteiger partial charge in [0.1, 0.15) is 12.6 Å². The van der Waals surface area contributed by atoms with E-state index in [0.29, 0.717) is 22.0 Å². The highest BCUT2D eigenvalue weighted by atomic mass is 35.5. The minimum absolute atomic E-state index is 0.0200. The van der Waals surface area contributed by atoms with Crippen LogP contribution in [0.1, 0.15) is 51.0 Å². The fourth-order valence-electron chi connectivity index (χ4n) is 5.22. The van der Waals surface area contributed by atoms with Gasteiger partial charge >= 0.3 is 0 Å². The molecule has 1 saturated carbocycles. The van der Waals surface area contributed by atoms with Crippen LogP contribution in [0.4, 0.5) is 5.69 Å². The fourth-order valence-corrected chi connectivity index (χ4v) is 7.58. The van der Waals surface area contributed by atoms with E-state index in [9.17, 15) is 18.0 Å². The van der Waals surface area contributed by atoms with Crippen LogP contribution < -0.4 is 9.62 Å². The van der Waals surface area contributed by atoms with Crippen molar-refractivity contribution in [1.29, 1.82) is 0 Å². The van der Waals surface area contributed by atoms with Crippen LogP contribution in [-0.2, 0) is 26.2 Å². The molecule has 1 aliphatic rings. The third-order valence-corrected chi connectivity index (χ3v) is 10.7. The summed E-state index contributed by atoms with van der Waals surface area (Å²) in [5.74, 6) is -0.918. The van der Waals surface area contributed by atoms with Crippen LogP contribution in [0.5, 0.6) is 0 Å². The van der Waals surface area contributed by atoms with E-state index in [2.05, 4.69) is 5.32 Å². The second-order valence-corrected chi connectivity index (χ2v) is 13.9. The first-order valence-corrected chi connectivity index (χ1v) is 17.0. The first kappa shape index (κ1) is 33.4. The number of hydrogen-bond donors (Lipinski definition) is 1. The molecule has 1 atom stereocenters.